The summed E-state index contributed by atoms with van der Waals surface area (Å²) in [6.45, 7) is 1.21. The van der Waals surface area contributed by atoms with Crippen molar-refractivity contribution in [2.45, 2.75) is 32.1 Å². The molecule has 1 heterocycles. The fourth-order valence-electron chi connectivity index (χ4n) is 3.08. The Labute approximate surface area is 124 Å². The number of carboxylic acids is 1. The number of aliphatic carboxylic acids is 1. The van der Waals surface area contributed by atoms with Gasteiger partial charge in [0.1, 0.15) is 0 Å². The highest BCUT2D eigenvalue weighted by Crippen LogP contribution is 2.31. The van der Waals surface area contributed by atoms with Crippen molar-refractivity contribution < 1.29 is 14.7 Å². The second-order valence-electron chi connectivity index (χ2n) is 5.78. The third-order valence-electron chi connectivity index (χ3n) is 4.39. The summed E-state index contributed by atoms with van der Waals surface area (Å²) in [7, 11) is 0. The van der Waals surface area contributed by atoms with Crippen LogP contribution in [0.4, 0.5) is 4.79 Å². The van der Waals surface area contributed by atoms with Crippen LogP contribution in [0, 0.1) is 17.8 Å². The fraction of sp³-hybridized carbons (Fsp3) is 0.857. The van der Waals surface area contributed by atoms with E-state index in [1.54, 1.807) is 0 Å². The van der Waals surface area contributed by atoms with Gasteiger partial charge in [0.15, 0.2) is 0 Å². The van der Waals surface area contributed by atoms with E-state index < -0.39 is 5.97 Å². The summed E-state index contributed by atoms with van der Waals surface area (Å²) in [5, 5.41) is 14.8. The molecule has 0 aromatic carbocycles. The Bertz CT molecular complexity index is 345. The molecular formula is C14H24N2O3S. The maximum absolute atomic E-state index is 11.7. The molecule has 5 nitrogen and oxygen atoms in total. The first-order chi connectivity index (χ1) is 9.66. The predicted molar refractivity (Wildman–Crippen MR) is 79.9 cm³/mol. The van der Waals surface area contributed by atoms with Crippen molar-refractivity contribution in [3.8, 4) is 0 Å². The molecule has 2 atom stereocenters. The van der Waals surface area contributed by atoms with Crippen LogP contribution < -0.4 is 10.6 Å². The van der Waals surface area contributed by atoms with E-state index in [9.17, 15) is 9.59 Å². The number of rotatable bonds is 5. The lowest BCUT2D eigenvalue weighted by atomic mass is 9.96. The van der Waals surface area contributed by atoms with Crippen LogP contribution in [0.3, 0.4) is 0 Å². The molecule has 2 amide bonds. The summed E-state index contributed by atoms with van der Waals surface area (Å²) in [4.78, 5) is 22.8. The van der Waals surface area contributed by atoms with Crippen LogP contribution in [0.1, 0.15) is 32.1 Å². The number of carboxylic acid groups (broad SMARTS) is 1. The normalized spacial score (nSPS) is 27.2. The highest BCUT2D eigenvalue weighted by Gasteiger charge is 2.32. The molecule has 2 unspecified atom stereocenters. The Morgan fingerprint density at radius 2 is 1.75 bits per heavy atom. The van der Waals surface area contributed by atoms with Crippen LogP contribution >= 0.6 is 11.8 Å². The minimum Gasteiger partial charge on any atom is -0.481 e. The van der Waals surface area contributed by atoms with E-state index in [4.69, 9.17) is 5.11 Å². The fourth-order valence-corrected chi connectivity index (χ4v) is 4.28. The van der Waals surface area contributed by atoms with Crippen molar-refractivity contribution >= 4 is 23.8 Å². The van der Waals surface area contributed by atoms with E-state index in [-0.39, 0.29) is 17.9 Å². The van der Waals surface area contributed by atoms with Crippen molar-refractivity contribution in [3.05, 3.63) is 0 Å². The van der Waals surface area contributed by atoms with Crippen LogP contribution in [0.25, 0.3) is 0 Å². The van der Waals surface area contributed by atoms with Crippen molar-refractivity contribution in [3.63, 3.8) is 0 Å². The summed E-state index contributed by atoms with van der Waals surface area (Å²) >= 11 is 1.98. The van der Waals surface area contributed by atoms with Gasteiger partial charge in [-0.25, -0.2) is 4.79 Å². The molecule has 2 aliphatic rings. The van der Waals surface area contributed by atoms with Crippen molar-refractivity contribution in [2.75, 3.05) is 24.6 Å². The molecule has 0 bridgehead atoms. The number of urea groups is 1. The van der Waals surface area contributed by atoms with Crippen LogP contribution in [-0.2, 0) is 4.79 Å². The molecule has 0 aromatic heterocycles. The molecule has 20 heavy (non-hydrogen) atoms. The minimum atomic E-state index is -0.727. The molecule has 0 aromatic rings. The predicted octanol–water partition coefficient (Wildman–Crippen LogP) is 1.93. The summed E-state index contributed by atoms with van der Waals surface area (Å²) in [6.07, 6.45) is 4.94. The molecular weight excluding hydrogens is 276 g/mol. The molecule has 1 aliphatic carbocycles. The molecule has 1 aliphatic heterocycles. The Balaban J connectivity index is 1.63. The molecule has 0 radical (unpaired) electrons. The topological polar surface area (TPSA) is 78.4 Å². The van der Waals surface area contributed by atoms with Crippen LogP contribution in [0.15, 0.2) is 0 Å². The molecule has 1 saturated carbocycles. The number of carbonyl (C=O) groups excluding carboxylic acids is 1. The van der Waals surface area contributed by atoms with E-state index in [0.717, 1.165) is 25.8 Å². The SMILES string of the molecule is O=C(NCC1CCSCC1)NCC1CCCC1C(=O)O. The van der Waals surface area contributed by atoms with Gasteiger partial charge in [0.05, 0.1) is 5.92 Å². The average Bonchev–Trinajstić information content (AvgIpc) is 2.92. The molecule has 2 fully saturated rings. The van der Waals surface area contributed by atoms with Gasteiger partial charge < -0.3 is 15.7 Å². The molecule has 3 N–H and O–H groups in total. The zero-order chi connectivity index (χ0) is 14.4. The first-order valence-corrected chi connectivity index (χ1v) is 8.64. The average molecular weight is 300 g/mol. The van der Waals surface area contributed by atoms with Gasteiger partial charge in [-0.1, -0.05) is 6.42 Å². The molecule has 2 rings (SSSR count). The molecule has 6 heteroatoms. The molecule has 1 saturated heterocycles. The van der Waals surface area contributed by atoms with E-state index in [1.807, 2.05) is 11.8 Å². The standard InChI is InChI=1S/C14H24N2O3S/c17-13(18)12-3-1-2-11(12)9-16-14(19)15-8-10-4-6-20-7-5-10/h10-12H,1-9H2,(H,17,18)(H2,15,16,19). The van der Waals surface area contributed by atoms with Crippen molar-refractivity contribution in [1.29, 1.82) is 0 Å². The lowest BCUT2D eigenvalue weighted by Gasteiger charge is -2.22. The largest absolute Gasteiger partial charge is 0.481 e. The second kappa shape index (κ2) is 7.76. The lowest BCUT2D eigenvalue weighted by molar-refractivity contribution is -0.142. The zero-order valence-electron chi connectivity index (χ0n) is 11.8. The maximum Gasteiger partial charge on any atom is 0.314 e. The van der Waals surface area contributed by atoms with Gasteiger partial charge in [0.2, 0.25) is 0 Å². The molecule has 0 spiro atoms. The summed E-state index contributed by atoms with van der Waals surface area (Å²) in [6, 6.07) is -0.153. The first-order valence-electron chi connectivity index (χ1n) is 7.49. The van der Waals surface area contributed by atoms with Crippen molar-refractivity contribution in [2.24, 2.45) is 17.8 Å². The number of hydrogen-bond donors (Lipinski definition) is 3. The van der Waals surface area contributed by atoms with E-state index >= 15 is 0 Å². The third-order valence-corrected chi connectivity index (χ3v) is 5.44. The summed E-state index contributed by atoms with van der Waals surface area (Å²) < 4.78 is 0. The number of carbonyl (C=O) groups is 2. The maximum atomic E-state index is 11.7. The zero-order valence-corrected chi connectivity index (χ0v) is 12.6. The van der Waals surface area contributed by atoms with E-state index in [1.165, 1.54) is 24.3 Å². The number of hydrogen-bond acceptors (Lipinski definition) is 3. The van der Waals surface area contributed by atoms with E-state index in [0.29, 0.717) is 12.5 Å². The Hall–Kier alpha value is -0.910. The quantitative estimate of drug-likeness (QED) is 0.725. The highest BCUT2D eigenvalue weighted by atomic mass is 32.2. The Morgan fingerprint density at radius 1 is 1.05 bits per heavy atom. The van der Waals surface area contributed by atoms with Crippen LogP contribution in [0.2, 0.25) is 0 Å². The van der Waals surface area contributed by atoms with E-state index in [2.05, 4.69) is 10.6 Å². The monoisotopic (exact) mass is 300 g/mol. The smallest absolute Gasteiger partial charge is 0.314 e. The summed E-state index contributed by atoms with van der Waals surface area (Å²) in [5.74, 6) is 2.05. The minimum absolute atomic E-state index is 0.0873. The second-order valence-corrected chi connectivity index (χ2v) is 7.01. The van der Waals surface area contributed by atoms with Gasteiger partial charge in [-0.2, -0.15) is 11.8 Å². The first kappa shape index (κ1) is 15.5. The number of nitrogens with one attached hydrogen (secondary N) is 2. The Kier molecular flexibility index (Phi) is 6.01. The van der Waals surface area contributed by atoms with Gasteiger partial charge in [-0.05, 0) is 49.0 Å². The van der Waals surface area contributed by atoms with Crippen LogP contribution in [0.5, 0.6) is 0 Å². The van der Waals surface area contributed by atoms with Gasteiger partial charge in [-0.15, -0.1) is 0 Å². The summed E-state index contributed by atoms with van der Waals surface area (Å²) in [5.41, 5.74) is 0. The molecule has 114 valence electrons. The number of thioether (sulfide) groups is 1. The Morgan fingerprint density at radius 3 is 2.45 bits per heavy atom. The third kappa shape index (κ3) is 4.58. The van der Waals surface area contributed by atoms with Crippen molar-refractivity contribution in [1.82, 2.24) is 10.6 Å². The van der Waals surface area contributed by atoms with Gasteiger partial charge in [-0.3, -0.25) is 4.79 Å². The van der Waals surface area contributed by atoms with Gasteiger partial charge in [0.25, 0.3) is 0 Å². The lowest BCUT2D eigenvalue weighted by Crippen LogP contribution is -2.41. The number of amides is 2. The van der Waals surface area contributed by atoms with Crippen LogP contribution in [-0.4, -0.2) is 41.7 Å². The highest BCUT2D eigenvalue weighted by molar-refractivity contribution is 7.99. The van der Waals surface area contributed by atoms with Gasteiger partial charge >= 0.3 is 12.0 Å². The van der Waals surface area contributed by atoms with Gasteiger partial charge in [0, 0.05) is 13.1 Å².